The molecule has 1 heterocycles. The molecule has 1 aromatic heterocycles. The molecule has 7 heteroatoms. The van der Waals surface area contributed by atoms with Crippen LogP contribution in [0, 0.1) is 5.92 Å². The summed E-state index contributed by atoms with van der Waals surface area (Å²) in [6.45, 7) is 7.43. The van der Waals surface area contributed by atoms with Crippen molar-refractivity contribution in [1.82, 2.24) is 19.9 Å². The predicted octanol–water partition coefficient (Wildman–Crippen LogP) is 1.17. The number of hydrogen-bond donors (Lipinski definition) is 1. The first-order valence-corrected chi connectivity index (χ1v) is 6.33. The number of likely N-dealkylation sites (N-methyl/N-ethyl adjacent to an activating group) is 1. The average Bonchev–Trinajstić information content (AvgIpc) is 2.82. The maximum atomic E-state index is 12.1. The highest BCUT2D eigenvalue weighted by Crippen LogP contribution is 2.05. The summed E-state index contributed by atoms with van der Waals surface area (Å²) in [7, 11) is 1.73. The van der Waals surface area contributed by atoms with Crippen LogP contribution in [0.4, 0.5) is 0 Å². The molecule has 0 spiro atoms. The van der Waals surface area contributed by atoms with Gasteiger partial charge in [0.15, 0.2) is 5.69 Å². The Kier molecular flexibility index (Phi) is 7.63. The summed E-state index contributed by atoms with van der Waals surface area (Å²) >= 11 is 0. The molecule has 6 nitrogen and oxygen atoms in total. The van der Waals surface area contributed by atoms with Gasteiger partial charge in [0.2, 0.25) is 0 Å². The summed E-state index contributed by atoms with van der Waals surface area (Å²) in [4.78, 5) is 13.6. The number of nitrogens with two attached hydrogens (primary N) is 1. The molecular formula is C12H24ClN5O. The lowest BCUT2D eigenvalue weighted by molar-refractivity contribution is 0.0742. The van der Waals surface area contributed by atoms with Gasteiger partial charge >= 0.3 is 0 Å². The van der Waals surface area contributed by atoms with E-state index in [1.165, 1.54) is 0 Å². The molecule has 1 amide bonds. The van der Waals surface area contributed by atoms with Crippen LogP contribution in [0.3, 0.4) is 0 Å². The zero-order valence-electron chi connectivity index (χ0n) is 12.0. The predicted molar refractivity (Wildman–Crippen MR) is 77.3 cm³/mol. The molecule has 1 rings (SSSR count). The lowest BCUT2D eigenvalue weighted by Crippen LogP contribution is -2.39. The van der Waals surface area contributed by atoms with E-state index in [-0.39, 0.29) is 24.4 Å². The Morgan fingerprint density at radius 1 is 1.47 bits per heavy atom. The second kappa shape index (κ2) is 8.12. The van der Waals surface area contributed by atoms with Crippen LogP contribution in [0.25, 0.3) is 0 Å². The standard InChI is InChI=1S/C12H23N5O.ClH/c1-9(2)5-6-17-8-11(14-15-17)12(18)16(4)10(3)7-13;/h8-10H,5-7,13H2,1-4H3;1H. The minimum Gasteiger partial charge on any atom is -0.336 e. The van der Waals surface area contributed by atoms with Crippen LogP contribution in [0.15, 0.2) is 6.20 Å². The number of hydrogen-bond acceptors (Lipinski definition) is 4. The van der Waals surface area contributed by atoms with Crippen molar-refractivity contribution in [2.45, 2.75) is 39.8 Å². The second-order valence-electron chi connectivity index (χ2n) is 5.05. The van der Waals surface area contributed by atoms with E-state index in [4.69, 9.17) is 5.73 Å². The van der Waals surface area contributed by atoms with E-state index in [0.29, 0.717) is 18.2 Å². The highest BCUT2D eigenvalue weighted by atomic mass is 35.5. The van der Waals surface area contributed by atoms with Gasteiger partial charge in [-0.25, -0.2) is 0 Å². The second-order valence-corrected chi connectivity index (χ2v) is 5.05. The fourth-order valence-corrected chi connectivity index (χ4v) is 1.44. The topological polar surface area (TPSA) is 77.0 Å². The van der Waals surface area contributed by atoms with Gasteiger partial charge < -0.3 is 10.6 Å². The Bertz CT molecular complexity index is 393. The number of carbonyl (C=O) groups is 1. The van der Waals surface area contributed by atoms with Crippen LogP contribution in [-0.2, 0) is 6.54 Å². The van der Waals surface area contributed by atoms with Crippen LogP contribution < -0.4 is 5.73 Å². The molecule has 19 heavy (non-hydrogen) atoms. The van der Waals surface area contributed by atoms with Crippen molar-refractivity contribution in [3.63, 3.8) is 0 Å². The third-order valence-electron chi connectivity index (χ3n) is 3.02. The first kappa shape index (κ1) is 17.9. The number of aryl methyl sites for hydroxylation is 1. The number of halogens is 1. The lowest BCUT2D eigenvalue weighted by Gasteiger charge is -2.22. The van der Waals surface area contributed by atoms with Crippen LogP contribution >= 0.6 is 12.4 Å². The third kappa shape index (κ3) is 5.16. The maximum Gasteiger partial charge on any atom is 0.276 e. The summed E-state index contributed by atoms with van der Waals surface area (Å²) in [5, 5.41) is 7.88. The molecule has 1 aromatic rings. The molecule has 1 unspecified atom stereocenters. The van der Waals surface area contributed by atoms with Gasteiger partial charge in [-0.15, -0.1) is 17.5 Å². The van der Waals surface area contributed by atoms with Crippen molar-refractivity contribution < 1.29 is 4.79 Å². The normalized spacial score (nSPS) is 12.1. The fourth-order valence-electron chi connectivity index (χ4n) is 1.44. The average molecular weight is 290 g/mol. The smallest absolute Gasteiger partial charge is 0.276 e. The van der Waals surface area contributed by atoms with E-state index in [1.54, 1.807) is 22.8 Å². The van der Waals surface area contributed by atoms with Crippen molar-refractivity contribution in [2.75, 3.05) is 13.6 Å². The molecule has 0 saturated carbocycles. The molecule has 2 N–H and O–H groups in total. The van der Waals surface area contributed by atoms with Crippen molar-refractivity contribution in [3.8, 4) is 0 Å². The van der Waals surface area contributed by atoms with Gasteiger partial charge in [0.1, 0.15) is 0 Å². The van der Waals surface area contributed by atoms with Gasteiger partial charge in [-0.2, -0.15) is 0 Å². The molecular weight excluding hydrogens is 266 g/mol. The molecule has 0 fully saturated rings. The minimum absolute atomic E-state index is 0. The summed E-state index contributed by atoms with van der Waals surface area (Å²) in [6.07, 6.45) is 2.72. The first-order chi connectivity index (χ1) is 8.45. The lowest BCUT2D eigenvalue weighted by atomic mass is 10.1. The monoisotopic (exact) mass is 289 g/mol. The Balaban J connectivity index is 0.00000324. The van der Waals surface area contributed by atoms with Crippen LogP contribution in [-0.4, -0.2) is 45.4 Å². The number of carbonyl (C=O) groups excluding carboxylic acids is 1. The van der Waals surface area contributed by atoms with Crippen molar-refractivity contribution in [3.05, 3.63) is 11.9 Å². The van der Waals surface area contributed by atoms with E-state index in [0.717, 1.165) is 13.0 Å². The summed E-state index contributed by atoms with van der Waals surface area (Å²) in [5.41, 5.74) is 5.92. The molecule has 0 radical (unpaired) electrons. The van der Waals surface area contributed by atoms with E-state index in [9.17, 15) is 4.79 Å². The Labute approximate surface area is 120 Å². The Morgan fingerprint density at radius 2 is 2.11 bits per heavy atom. The van der Waals surface area contributed by atoms with Gasteiger partial charge in [-0.1, -0.05) is 19.1 Å². The van der Waals surface area contributed by atoms with Crippen molar-refractivity contribution in [2.24, 2.45) is 11.7 Å². The zero-order valence-corrected chi connectivity index (χ0v) is 12.9. The van der Waals surface area contributed by atoms with E-state index < -0.39 is 0 Å². The molecule has 0 aromatic carbocycles. The summed E-state index contributed by atoms with van der Waals surface area (Å²) in [6, 6.07) is -0.00156. The highest BCUT2D eigenvalue weighted by molar-refractivity contribution is 5.91. The van der Waals surface area contributed by atoms with Crippen molar-refractivity contribution >= 4 is 18.3 Å². The Hall–Kier alpha value is -1.14. The zero-order chi connectivity index (χ0) is 13.7. The van der Waals surface area contributed by atoms with Gasteiger partial charge in [-0.05, 0) is 19.3 Å². The molecule has 0 aliphatic rings. The molecule has 110 valence electrons. The largest absolute Gasteiger partial charge is 0.336 e. The number of amides is 1. The summed E-state index contributed by atoms with van der Waals surface area (Å²) < 4.78 is 1.72. The van der Waals surface area contributed by atoms with Crippen molar-refractivity contribution in [1.29, 1.82) is 0 Å². The van der Waals surface area contributed by atoms with E-state index in [1.807, 2.05) is 6.92 Å². The molecule has 0 aliphatic heterocycles. The summed E-state index contributed by atoms with van der Waals surface area (Å²) in [5.74, 6) is 0.469. The van der Waals surface area contributed by atoms with Gasteiger partial charge in [0, 0.05) is 26.2 Å². The van der Waals surface area contributed by atoms with E-state index in [2.05, 4.69) is 24.2 Å². The number of nitrogens with zero attached hydrogens (tertiary/aromatic N) is 4. The number of rotatable bonds is 6. The highest BCUT2D eigenvalue weighted by Gasteiger charge is 2.19. The molecule has 0 saturated heterocycles. The van der Waals surface area contributed by atoms with Gasteiger partial charge in [0.25, 0.3) is 5.91 Å². The van der Waals surface area contributed by atoms with E-state index >= 15 is 0 Å². The molecule has 1 atom stereocenters. The van der Waals surface area contributed by atoms with Crippen LogP contribution in [0.5, 0.6) is 0 Å². The SMILES string of the molecule is CC(C)CCn1cc(C(=O)N(C)C(C)CN)nn1.Cl. The van der Waals surface area contributed by atoms with Crippen LogP contribution in [0.2, 0.25) is 0 Å². The number of aromatic nitrogens is 3. The molecule has 0 bridgehead atoms. The Morgan fingerprint density at radius 3 is 2.63 bits per heavy atom. The molecule has 0 aliphatic carbocycles. The quantitative estimate of drug-likeness (QED) is 0.853. The first-order valence-electron chi connectivity index (χ1n) is 6.33. The maximum absolute atomic E-state index is 12.1. The van der Waals surface area contributed by atoms with Gasteiger partial charge in [0.05, 0.1) is 6.20 Å². The minimum atomic E-state index is -0.135. The fraction of sp³-hybridized carbons (Fsp3) is 0.750. The van der Waals surface area contributed by atoms with Crippen LogP contribution in [0.1, 0.15) is 37.7 Å². The third-order valence-corrected chi connectivity index (χ3v) is 3.02. The van der Waals surface area contributed by atoms with Gasteiger partial charge in [-0.3, -0.25) is 9.48 Å².